The lowest BCUT2D eigenvalue weighted by molar-refractivity contribution is -0.156. The molecular formula is C17H32O4. The standard InChI is InChI=1S/C17H32O4/c1-9-10-14(19-7)13(3)15(20-8)12(2)11-21-16(18)17(4,5)6/h9-10,12-15H,11H2,1-8H3/b10-9+/t12-,13-,14-,15-/m0/s1. The molecule has 4 nitrogen and oxygen atoms in total. The van der Waals surface area contributed by atoms with Crippen molar-refractivity contribution in [2.24, 2.45) is 17.3 Å². The van der Waals surface area contributed by atoms with Gasteiger partial charge in [-0.3, -0.25) is 4.79 Å². The maximum atomic E-state index is 11.8. The van der Waals surface area contributed by atoms with Gasteiger partial charge in [-0.1, -0.05) is 26.0 Å². The quantitative estimate of drug-likeness (QED) is 0.509. The normalized spacial score (nSPS) is 18.3. The average molecular weight is 300 g/mol. The fraction of sp³-hybridized carbons (Fsp3) is 0.824. The Hall–Kier alpha value is -0.870. The maximum absolute atomic E-state index is 11.8. The molecule has 0 saturated heterocycles. The maximum Gasteiger partial charge on any atom is 0.311 e. The molecule has 0 amide bonds. The van der Waals surface area contributed by atoms with Crippen molar-refractivity contribution in [3.05, 3.63) is 12.2 Å². The number of rotatable bonds is 8. The van der Waals surface area contributed by atoms with E-state index in [2.05, 4.69) is 6.92 Å². The third-order valence-electron chi connectivity index (χ3n) is 3.61. The fourth-order valence-electron chi connectivity index (χ4n) is 2.33. The van der Waals surface area contributed by atoms with Gasteiger partial charge in [-0.2, -0.15) is 0 Å². The van der Waals surface area contributed by atoms with Crippen molar-refractivity contribution in [2.75, 3.05) is 20.8 Å². The highest BCUT2D eigenvalue weighted by molar-refractivity contribution is 5.75. The molecule has 0 saturated carbocycles. The van der Waals surface area contributed by atoms with Crippen LogP contribution in [0.15, 0.2) is 12.2 Å². The van der Waals surface area contributed by atoms with Crippen LogP contribution < -0.4 is 0 Å². The number of esters is 1. The van der Waals surface area contributed by atoms with E-state index < -0.39 is 5.41 Å². The second-order valence-electron chi connectivity index (χ2n) is 6.61. The number of hydrogen-bond acceptors (Lipinski definition) is 4. The molecule has 0 aliphatic carbocycles. The van der Waals surface area contributed by atoms with E-state index in [0.29, 0.717) is 6.61 Å². The van der Waals surface area contributed by atoms with E-state index in [9.17, 15) is 4.79 Å². The molecule has 0 aromatic rings. The highest BCUT2D eigenvalue weighted by Crippen LogP contribution is 2.23. The summed E-state index contributed by atoms with van der Waals surface area (Å²) in [4.78, 5) is 11.8. The van der Waals surface area contributed by atoms with Crippen molar-refractivity contribution in [2.45, 2.75) is 53.8 Å². The monoisotopic (exact) mass is 300 g/mol. The van der Waals surface area contributed by atoms with Gasteiger partial charge >= 0.3 is 5.97 Å². The third-order valence-corrected chi connectivity index (χ3v) is 3.61. The Labute approximate surface area is 129 Å². The highest BCUT2D eigenvalue weighted by Gasteiger charge is 2.31. The molecule has 0 rings (SSSR count). The van der Waals surface area contributed by atoms with Gasteiger partial charge in [0, 0.05) is 26.1 Å². The van der Waals surface area contributed by atoms with Gasteiger partial charge in [-0.15, -0.1) is 0 Å². The summed E-state index contributed by atoms with van der Waals surface area (Å²) in [6.07, 6.45) is 3.94. The first kappa shape index (κ1) is 20.1. The molecule has 124 valence electrons. The number of methoxy groups -OCH3 is 2. The van der Waals surface area contributed by atoms with Crippen molar-refractivity contribution >= 4 is 5.97 Å². The molecule has 0 aliphatic heterocycles. The lowest BCUT2D eigenvalue weighted by Crippen LogP contribution is -2.38. The summed E-state index contributed by atoms with van der Waals surface area (Å²) in [6, 6.07) is 0. The summed E-state index contributed by atoms with van der Waals surface area (Å²) < 4.78 is 16.5. The zero-order chi connectivity index (χ0) is 16.6. The second-order valence-corrected chi connectivity index (χ2v) is 6.61. The third kappa shape index (κ3) is 6.62. The summed E-state index contributed by atoms with van der Waals surface area (Å²) in [7, 11) is 3.38. The second kappa shape index (κ2) is 9.21. The lowest BCUT2D eigenvalue weighted by atomic mass is 9.89. The van der Waals surface area contributed by atoms with Crippen LogP contribution in [-0.4, -0.2) is 39.0 Å². The van der Waals surface area contributed by atoms with Crippen LogP contribution in [0.5, 0.6) is 0 Å². The molecule has 0 aromatic carbocycles. The Morgan fingerprint density at radius 1 is 1.14 bits per heavy atom. The summed E-state index contributed by atoms with van der Waals surface area (Å²) in [5.74, 6) is 0.0762. The van der Waals surface area contributed by atoms with Crippen LogP contribution in [-0.2, 0) is 19.0 Å². The smallest absolute Gasteiger partial charge is 0.311 e. The minimum Gasteiger partial charge on any atom is -0.465 e. The number of carbonyl (C=O) groups excluding carboxylic acids is 1. The average Bonchev–Trinajstić information content (AvgIpc) is 2.41. The van der Waals surface area contributed by atoms with Crippen LogP contribution in [0.4, 0.5) is 0 Å². The van der Waals surface area contributed by atoms with E-state index >= 15 is 0 Å². The fourth-order valence-corrected chi connectivity index (χ4v) is 2.33. The van der Waals surface area contributed by atoms with E-state index in [0.717, 1.165) is 0 Å². The van der Waals surface area contributed by atoms with Crippen molar-refractivity contribution in [3.63, 3.8) is 0 Å². The molecule has 0 spiro atoms. The Morgan fingerprint density at radius 2 is 1.71 bits per heavy atom. The van der Waals surface area contributed by atoms with Crippen molar-refractivity contribution < 1.29 is 19.0 Å². The van der Waals surface area contributed by atoms with Gasteiger partial charge in [0.1, 0.15) is 0 Å². The molecule has 0 N–H and O–H groups in total. The molecule has 21 heavy (non-hydrogen) atoms. The van der Waals surface area contributed by atoms with Crippen LogP contribution in [0.25, 0.3) is 0 Å². The Morgan fingerprint density at radius 3 is 2.10 bits per heavy atom. The van der Waals surface area contributed by atoms with Gasteiger partial charge in [-0.05, 0) is 27.7 Å². The van der Waals surface area contributed by atoms with E-state index in [1.165, 1.54) is 0 Å². The van der Waals surface area contributed by atoms with Crippen molar-refractivity contribution in [3.8, 4) is 0 Å². The van der Waals surface area contributed by atoms with Crippen molar-refractivity contribution in [1.29, 1.82) is 0 Å². The first-order valence-electron chi connectivity index (χ1n) is 7.54. The van der Waals surface area contributed by atoms with Crippen LogP contribution in [0.1, 0.15) is 41.5 Å². The zero-order valence-corrected chi connectivity index (χ0v) is 14.8. The summed E-state index contributed by atoms with van der Waals surface area (Å²) in [5, 5.41) is 0. The molecule has 0 aromatic heterocycles. The van der Waals surface area contributed by atoms with Crippen LogP contribution in [0, 0.1) is 17.3 Å². The van der Waals surface area contributed by atoms with Gasteiger partial charge in [0.2, 0.25) is 0 Å². The van der Waals surface area contributed by atoms with Gasteiger partial charge in [0.25, 0.3) is 0 Å². The highest BCUT2D eigenvalue weighted by atomic mass is 16.5. The number of ether oxygens (including phenoxy) is 3. The van der Waals surface area contributed by atoms with E-state index in [-0.39, 0.29) is 30.0 Å². The topological polar surface area (TPSA) is 44.8 Å². The summed E-state index contributed by atoms with van der Waals surface area (Å²) in [6.45, 7) is 12.0. The van der Waals surface area contributed by atoms with E-state index in [1.807, 2.05) is 46.8 Å². The molecular weight excluding hydrogens is 268 g/mol. The predicted molar refractivity (Wildman–Crippen MR) is 85.2 cm³/mol. The SMILES string of the molecule is C/C=C/[C@H](OC)[C@H](C)[C@@H](OC)[C@@H](C)COC(=O)C(C)(C)C. The predicted octanol–water partition coefficient (Wildman–Crippen LogP) is 3.45. The first-order chi connectivity index (χ1) is 9.68. The van der Waals surface area contributed by atoms with Crippen LogP contribution in [0.3, 0.4) is 0 Å². The number of allylic oxidation sites excluding steroid dienone is 1. The van der Waals surface area contributed by atoms with E-state index in [1.54, 1.807) is 14.2 Å². The van der Waals surface area contributed by atoms with Crippen LogP contribution >= 0.6 is 0 Å². The van der Waals surface area contributed by atoms with E-state index in [4.69, 9.17) is 14.2 Å². The van der Waals surface area contributed by atoms with Gasteiger partial charge in [0.15, 0.2) is 0 Å². The molecule has 0 unspecified atom stereocenters. The van der Waals surface area contributed by atoms with Gasteiger partial charge in [-0.25, -0.2) is 0 Å². The largest absolute Gasteiger partial charge is 0.465 e. The minimum absolute atomic E-state index is 0.0132. The molecule has 0 heterocycles. The summed E-state index contributed by atoms with van der Waals surface area (Å²) >= 11 is 0. The number of carbonyl (C=O) groups is 1. The van der Waals surface area contributed by atoms with Gasteiger partial charge < -0.3 is 14.2 Å². The molecule has 0 fully saturated rings. The molecule has 4 heteroatoms. The molecule has 0 radical (unpaired) electrons. The molecule has 4 atom stereocenters. The molecule has 0 bridgehead atoms. The van der Waals surface area contributed by atoms with Gasteiger partial charge in [0.05, 0.1) is 24.2 Å². The zero-order valence-electron chi connectivity index (χ0n) is 14.8. The Balaban J connectivity index is 4.68. The Kier molecular flexibility index (Phi) is 8.83. The van der Waals surface area contributed by atoms with Crippen molar-refractivity contribution in [1.82, 2.24) is 0 Å². The Bertz CT molecular complexity index is 330. The summed E-state index contributed by atoms with van der Waals surface area (Å²) in [5.41, 5.74) is -0.478. The molecule has 0 aliphatic rings. The lowest BCUT2D eigenvalue weighted by Gasteiger charge is -2.32. The minimum atomic E-state index is -0.478. The number of hydrogen-bond donors (Lipinski definition) is 0. The first-order valence-corrected chi connectivity index (χ1v) is 7.54. The van der Waals surface area contributed by atoms with Crippen LogP contribution in [0.2, 0.25) is 0 Å².